The largest absolute Gasteiger partial charge is 0.495 e. The van der Waals surface area contributed by atoms with E-state index in [1.807, 2.05) is 71.0 Å². The van der Waals surface area contributed by atoms with Crippen LogP contribution in [0, 0.1) is 6.92 Å². The van der Waals surface area contributed by atoms with Gasteiger partial charge < -0.3 is 18.6 Å². The summed E-state index contributed by atoms with van der Waals surface area (Å²) in [6, 6.07) is 11.6. The molecule has 2 heterocycles. The van der Waals surface area contributed by atoms with Gasteiger partial charge in [-0.2, -0.15) is 0 Å². The first kappa shape index (κ1) is 26.4. The molecule has 0 aliphatic heterocycles. The summed E-state index contributed by atoms with van der Waals surface area (Å²) in [5.41, 5.74) is 3.30. The van der Waals surface area contributed by atoms with Crippen LogP contribution in [0.15, 0.2) is 47.1 Å². The van der Waals surface area contributed by atoms with Crippen LogP contribution in [0.5, 0.6) is 0 Å². The van der Waals surface area contributed by atoms with Crippen LogP contribution in [0.2, 0.25) is 0 Å². The number of nitrogens with one attached hydrogen (secondary N) is 1. The normalized spacial score (nSPS) is 11.7. The molecule has 1 amide bonds. The Morgan fingerprint density at radius 3 is 2.23 bits per heavy atom. The van der Waals surface area contributed by atoms with Crippen LogP contribution in [0.1, 0.15) is 54.0 Å². The van der Waals surface area contributed by atoms with E-state index in [4.69, 9.17) is 18.6 Å². The first-order chi connectivity index (χ1) is 16.4. The summed E-state index contributed by atoms with van der Waals surface area (Å²) < 4.78 is 23.1. The minimum absolute atomic E-state index is 0.0693. The predicted molar refractivity (Wildman–Crippen MR) is 138 cm³/mol. The molecule has 0 unspecified atom stereocenters. The van der Waals surface area contributed by atoms with E-state index in [9.17, 15) is 4.79 Å². The Kier molecular flexibility index (Phi) is 8.35. The quantitative estimate of drug-likeness (QED) is 0.420. The number of rotatable bonds is 8. The van der Waals surface area contributed by atoms with Crippen LogP contribution in [-0.2, 0) is 14.0 Å². The van der Waals surface area contributed by atoms with Crippen molar-refractivity contribution in [3.63, 3.8) is 0 Å². The molecule has 0 saturated heterocycles. The van der Waals surface area contributed by atoms with E-state index in [2.05, 4.69) is 15.5 Å². The number of aryl methyl sites for hydroxylation is 1. The molecule has 0 saturated carbocycles. The van der Waals surface area contributed by atoms with Crippen molar-refractivity contribution in [2.45, 2.75) is 73.2 Å². The minimum Gasteiger partial charge on any atom is -0.444 e. The summed E-state index contributed by atoms with van der Waals surface area (Å²) in [5.74, 6) is 0.719. The van der Waals surface area contributed by atoms with Crippen molar-refractivity contribution < 1.29 is 23.4 Å². The third-order valence-corrected chi connectivity index (χ3v) is 4.71. The Morgan fingerprint density at radius 1 is 1.03 bits per heavy atom. The molecule has 3 rings (SSSR count). The highest BCUT2D eigenvalue weighted by Gasteiger charge is 2.28. The van der Waals surface area contributed by atoms with Gasteiger partial charge in [-0.3, -0.25) is 5.32 Å². The van der Waals surface area contributed by atoms with Crippen molar-refractivity contribution in [3.05, 3.63) is 48.2 Å². The Hall–Kier alpha value is -3.17. The van der Waals surface area contributed by atoms with Gasteiger partial charge in [-0.1, -0.05) is 35.0 Å². The number of ether oxygens (including phenoxy) is 1. The van der Waals surface area contributed by atoms with Crippen molar-refractivity contribution in [1.29, 1.82) is 0 Å². The third-order valence-electron chi connectivity index (χ3n) is 4.71. The fraction of sp³-hybridized carbons (Fsp3) is 0.423. The topological polar surface area (TPSA) is 95.7 Å². The molecule has 0 fully saturated rings. The molecule has 0 aliphatic carbocycles. The van der Waals surface area contributed by atoms with Gasteiger partial charge in [0.15, 0.2) is 5.76 Å². The Bertz CT molecular complexity index is 1130. The lowest BCUT2D eigenvalue weighted by Crippen LogP contribution is -2.41. The van der Waals surface area contributed by atoms with E-state index in [0.717, 1.165) is 11.1 Å². The Balaban J connectivity index is 2.03. The van der Waals surface area contributed by atoms with Gasteiger partial charge in [0.05, 0.1) is 5.56 Å². The van der Waals surface area contributed by atoms with E-state index in [-0.39, 0.29) is 18.0 Å². The number of aromatic nitrogens is 2. The van der Waals surface area contributed by atoms with Crippen LogP contribution in [0.3, 0.4) is 0 Å². The molecule has 0 atom stereocenters. The van der Waals surface area contributed by atoms with Gasteiger partial charge in [0.1, 0.15) is 17.1 Å². The van der Waals surface area contributed by atoms with Gasteiger partial charge in [-0.05, 0) is 61.5 Å². The van der Waals surface area contributed by atoms with Crippen LogP contribution >= 0.6 is 0 Å². The second-order valence-corrected chi connectivity index (χ2v) is 9.94. The van der Waals surface area contributed by atoms with Crippen molar-refractivity contribution in [3.8, 4) is 22.6 Å². The molecule has 186 valence electrons. The summed E-state index contributed by atoms with van der Waals surface area (Å²) >= 11 is 0. The smallest absolute Gasteiger partial charge is 0.444 e. The van der Waals surface area contributed by atoms with Crippen molar-refractivity contribution in [2.24, 2.45) is 0 Å². The van der Waals surface area contributed by atoms with E-state index in [0.29, 0.717) is 22.5 Å². The SMILES string of the molecule is Cc1ccc(-c2cc(-c3cc(B(OC(C)C)OC(C)C)cnc3NC(=O)OC(C)(C)C)on2)cc1. The molecule has 3 aromatic rings. The van der Waals surface area contributed by atoms with Crippen LogP contribution in [0.4, 0.5) is 10.6 Å². The molecule has 9 heteroatoms. The molecule has 1 N–H and O–H groups in total. The van der Waals surface area contributed by atoms with Gasteiger partial charge in [-0.25, -0.2) is 9.78 Å². The van der Waals surface area contributed by atoms with Crippen LogP contribution in [-0.4, -0.2) is 41.2 Å². The van der Waals surface area contributed by atoms with E-state index >= 15 is 0 Å². The number of carbonyl (C=O) groups excluding carboxylic acids is 1. The summed E-state index contributed by atoms with van der Waals surface area (Å²) in [5, 5.41) is 6.96. The molecule has 0 aliphatic rings. The first-order valence-electron chi connectivity index (χ1n) is 11.8. The summed E-state index contributed by atoms with van der Waals surface area (Å²) in [6.07, 6.45) is 0.856. The van der Waals surface area contributed by atoms with Crippen molar-refractivity contribution in [2.75, 3.05) is 5.32 Å². The number of hydrogen-bond donors (Lipinski definition) is 1. The second kappa shape index (κ2) is 11.1. The van der Waals surface area contributed by atoms with E-state index in [1.165, 1.54) is 0 Å². The first-order valence-corrected chi connectivity index (χ1v) is 11.8. The molecule has 2 aromatic heterocycles. The van der Waals surface area contributed by atoms with Crippen LogP contribution in [0.25, 0.3) is 22.6 Å². The maximum absolute atomic E-state index is 12.5. The van der Waals surface area contributed by atoms with E-state index in [1.54, 1.807) is 27.0 Å². The summed E-state index contributed by atoms with van der Waals surface area (Å²) in [6.45, 7) is 15.2. The third kappa shape index (κ3) is 7.66. The van der Waals surface area contributed by atoms with Gasteiger partial charge >= 0.3 is 13.2 Å². The number of hydrogen-bond acceptors (Lipinski definition) is 7. The molecule has 8 nitrogen and oxygen atoms in total. The number of amides is 1. The molecular formula is C26H34BN3O5. The van der Waals surface area contributed by atoms with Crippen LogP contribution < -0.4 is 10.8 Å². The number of pyridine rings is 1. The van der Waals surface area contributed by atoms with Crippen molar-refractivity contribution in [1.82, 2.24) is 10.1 Å². The van der Waals surface area contributed by atoms with Gasteiger partial charge in [0.2, 0.25) is 0 Å². The van der Waals surface area contributed by atoms with Gasteiger partial charge in [-0.15, -0.1) is 0 Å². The molecule has 0 bridgehead atoms. The number of carbonyl (C=O) groups is 1. The van der Waals surface area contributed by atoms with Gasteiger partial charge in [0.25, 0.3) is 0 Å². The zero-order valence-corrected chi connectivity index (χ0v) is 21.7. The number of benzene rings is 1. The molecule has 1 aromatic carbocycles. The summed E-state index contributed by atoms with van der Waals surface area (Å²) in [4.78, 5) is 17.0. The average molecular weight is 479 g/mol. The highest BCUT2D eigenvalue weighted by Crippen LogP contribution is 2.30. The zero-order valence-electron chi connectivity index (χ0n) is 21.7. The predicted octanol–water partition coefficient (Wildman–Crippen LogP) is 5.60. The average Bonchev–Trinajstić information content (AvgIpc) is 3.22. The standard InChI is InChI=1S/C26H34BN3O5/c1-16(2)33-27(34-17(3)4)20-13-21(24(28-15-20)29-25(31)32-26(6,7)8)23-14-22(30-35-23)19-11-9-18(5)10-12-19/h9-17H,1-8H3,(H,28,29,31). The fourth-order valence-corrected chi connectivity index (χ4v) is 3.24. The molecule has 0 radical (unpaired) electrons. The lowest BCUT2D eigenvalue weighted by Gasteiger charge is -2.21. The Morgan fingerprint density at radius 2 is 1.66 bits per heavy atom. The highest BCUT2D eigenvalue weighted by molar-refractivity contribution is 6.61. The van der Waals surface area contributed by atoms with Crippen molar-refractivity contribution >= 4 is 24.5 Å². The lowest BCUT2D eigenvalue weighted by atomic mass is 9.78. The lowest BCUT2D eigenvalue weighted by molar-refractivity contribution is 0.0635. The monoisotopic (exact) mass is 479 g/mol. The highest BCUT2D eigenvalue weighted by atomic mass is 16.6. The fourth-order valence-electron chi connectivity index (χ4n) is 3.24. The Labute approximate surface area is 207 Å². The maximum atomic E-state index is 12.5. The second-order valence-electron chi connectivity index (χ2n) is 9.94. The van der Waals surface area contributed by atoms with E-state index < -0.39 is 18.8 Å². The molecule has 35 heavy (non-hydrogen) atoms. The maximum Gasteiger partial charge on any atom is 0.495 e. The summed E-state index contributed by atoms with van der Waals surface area (Å²) in [7, 11) is -0.642. The number of anilines is 1. The zero-order chi connectivity index (χ0) is 25.8. The van der Waals surface area contributed by atoms with Gasteiger partial charge in [0, 0.05) is 35.5 Å². The number of nitrogens with zero attached hydrogens (tertiary/aromatic N) is 2. The molecule has 0 spiro atoms. The molecular weight excluding hydrogens is 445 g/mol. The minimum atomic E-state index is -0.656.